The Bertz CT molecular complexity index is 761. The SMILES string of the molecule is CC1(NSc2cc(F)c(C=N)c(Nc3nnc(C(F)F)s3)c2)CC1. The number of halogens is 3. The first kappa shape index (κ1) is 17.2. The Labute approximate surface area is 144 Å². The third kappa shape index (κ3) is 3.87. The minimum atomic E-state index is -2.71. The molecule has 0 atom stereocenters. The van der Waals surface area contributed by atoms with Crippen LogP contribution in [-0.4, -0.2) is 22.0 Å². The molecule has 0 saturated heterocycles. The fraction of sp³-hybridized carbons (Fsp3) is 0.357. The van der Waals surface area contributed by atoms with Crippen molar-refractivity contribution in [1.29, 1.82) is 5.41 Å². The number of benzene rings is 1. The molecule has 0 spiro atoms. The summed E-state index contributed by atoms with van der Waals surface area (Å²) in [6, 6.07) is 2.98. The molecule has 10 heteroatoms. The summed E-state index contributed by atoms with van der Waals surface area (Å²) in [6.07, 6.45) is 0.291. The molecule has 128 valence electrons. The van der Waals surface area contributed by atoms with E-state index in [9.17, 15) is 13.2 Å². The second-order valence-corrected chi connectivity index (χ2v) is 7.54. The number of aromatic nitrogens is 2. The van der Waals surface area contributed by atoms with Crippen LogP contribution in [0.25, 0.3) is 0 Å². The van der Waals surface area contributed by atoms with Gasteiger partial charge in [0.25, 0.3) is 6.43 Å². The molecule has 2 aromatic rings. The average molecular weight is 373 g/mol. The Morgan fingerprint density at radius 1 is 1.38 bits per heavy atom. The highest BCUT2D eigenvalue weighted by molar-refractivity contribution is 7.97. The maximum Gasteiger partial charge on any atom is 0.291 e. The fourth-order valence-electron chi connectivity index (χ4n) is 1.86. The maximum atomic E-state index is 14.2. The van der Waals surface area contributed by atoms with Gasteiger partial charge in [-0.1, -0.05) is 11.3 Å². The summed E-state index contributed by atoms with van der Waals surface area (Å²) < 4.78 is 42.6. The summed E-state index contributed by atoms with van der Waals surface area (Å²) >= 11 is 1.99. The molecule has 0 bridgehead atoms. The van der Waals surface area contributed by atoms with E-state index in [1.54, 1.807) is 6.07 Å². The third-order valence-corrected chi connectivity index (χ3v) is 5.44. The molecule has 1 aliphatic rings. The zero-order valence-electron chi connectivity index (χ0n) is 12.6. The normalized spacial score (nSPS) is 15.5. The number of hydrogen-bond donors (Lipinski definition) is 3. The predicted octanol–water partition coefficient (Wildman–Crippen LogP) is 4.51. The molecule has 24 heavy (non-hydrogen) atoms. The van der Waals surface area contributed by atoms with Gasteiger partial charge in [0.1, 0.15) is 5.82 Å². The first-order valence-corrected chi connectivity index (χ1v) is 8.70. The molecular formula is C14H14F3N5S2. The van der Waals surface area contributed by atoms with Crippen molar-refractivity contribution < 1.29 is 13.2 Å². The van der Waals surface area contributed by atoms with Crippen LogP contribution >= 0.6 is 23.3 Å². The smallest absolute Gasteiger partial charge is 0.291 e. The third-order valence-electron chi connectivity index (χ3n) is 3.53. The molecule has 0 amide bonds. The second-order valence-electron chi connectivity index (χ2n) is 5.65. The highest BCUT2D eigenvalue weighted by Gasteiger charge is 2.37. The van der Waals surface area contributed by atoms with Crippen molar-refractivity contribution in [2.45, 2.75) is 36.6 Å². The molecule has 1 saturated carbocycles. The van der Waals surface area contributed by atoms with Crippen LogP contribution in [0.3, 0.4) is 0 Å². The Kier molecular flexibility index (Phi) is 4.79. The maximum absolute atomic E-state index is 14.2. The number of nitrogens with zero attached hydrogens (tertiary/aromatic N) is 2. The summed E-state index contributed by atoms with van der Waals surface area (Å²) in [5.41, 5.74) is 0.387. The van der Waals surface area contributed by atoms with E-state index in [2.05, 4.69) is 27.2 Å². The van der Waals surface area contributed by atoms with Crippen molar-refractivity contribution in [1.82, 2.24) is 14.9 Å². The molecule has 0 unspecified atom stereocenters. The van der Waals surface area contributed by atoms with Crippen molar-refractivity contribution in [3.8, 4) is 0 Å². The van der Waals surface area contributed by atoms with Gasteiger partial charge in [-0.25, -0.2) is 13.2 Å². The summed E-state index contributed by atoms with van der Waals surface area (Å²) in [5, 5.41) is 16.8. The average Bonchev–Trinajstić information content (AvgIpc) is 3.07. The van der Waals surface area contributed by atoms with Crippen molar-refractivity contribution in [2.24, 2.45) is 0 Å². The van der Waals surface area contributed by atoms with E-state index >= 15 is 0 Å². The van der Waals surface area contributed by atoms with Crippen molar-refractivity contribution >= 4 is 40.3 Å². The van der Waals surface area contributed by atoms with Gasteiger partial charge in [-0.05, 0) is 43.8 Å². The molecule has 0 aliphatic heterocycles. The molecule has 1 aromatic carbocycles. The van der Waals surface area contributed by atoms with Gasteiger partial charge in [0.2, 0.25) is 5.13 Å². The van der Waals surface area contributed by atoms with Gasteiger partial charge in [0, 0.05) is 16.6 Å². The van der Waals surface area contributed by atoms with E-state index in [0.29, 0.717) is 16.2 Å². The van der Waals surface area contributed by atoms with Gasteiger partial charge in [0.05, 0.1) is 11.3 Å². The lowest BCUT2D eigenvalue weighted by Gasteiger charge is -2.13. The lowest BCUT2D eigenvalue weighted by Crippen LogP contribution is -2.19. The van der Waals surface area contributed by atoms with Crippen LogP contribution in [0, 0.1) is 11.2 Å². The Hall–Kier alpha value is -1.65. The number of hydrogen-bond acceptors (Lipinski definition) is 7. The van der Waals surface area contributed by atoms with Crippen molar-refractivity contribution in [3.63, 3.8) is 0 Å². The minimum Gasteiger partial charge on any atom is -0.329 e. The Morgan fingerprint density at radius 2 is 2.12 bits per heavy atom. The largest absolute Gasteiger partial charge is 0.329 e. The highest BCUT2D eigenvalue weighted by atomic mass is 32.2. The standard InChI is InChI=1S/C14H14F3N5S2/c1-14(2-3-14)22-24-7-4-9(15)8(6-18)10(5-7)19-13-21-20-12(23-13)11(16)17/h4-6,11,18,22H,2-3H2,1H3,(H,19,21). The molecule has 3 rings (SSSR count). The summed E-state index contributed by atoms with van der Waals surface area (Å²) in [7, 11) is 0. The van der Waals surface area contributed by atoms with Gasteiger partial charge in [-0.3, -0.25) is 4.72 Å². The van der Waals surface area contributed by atoms with Crippen LogP contribution < -0.4 is 10.0 Å². The summed E-state index contributed by atoms with van der Waals surface area (Å²) in [4.78, 5) is 0.618. The lowest BCUT2D eigenvalue weighted by molar-refractivity contribution is 0.150. The molecule has 1 heterocycles. The van der Waals surface area contributed by atoms with Gasteiger partial charge in [-0.2, -0.15) is 0 Å². The van der Waals surface area contributed by atoms with Crippen LogP contribution in [0.15, 0.2) is 17.0 Å². The Balaban J connectivity index is 1.83. The first-order chi connectivity index (χ1) is 11.4. The summed E-state index contributed by atoms with van der Waals surface area (Å²) in [5.74, 6) is -0.571. The van der Waals surface area contributed by atoms with E-state index in [-0.39, 0.29) is 21.9 Å². The van der Waals surface area contributed by atoms with Crippen molar-refractivity contribution in [2.75, 3.05) is 5.32 Å². The quantitative estimate of drug-likeness (QED) is 0.492. The lowest BCUT2D eigenvalue weighted by atomic mass is 10.2. The first-order valence-electron chi connectivity index (χ1n) is 7.07. The number of anilines is 2. The number of rotatable bonds is 7. The van der Waals surface area contributed by atoms with Crippen LogP contribution in [0.4, 0.5) is 24.0 Å². The van der Waals surface area contributed by atoms with E-state index in [1.165, 1.54) is 18.0 Å². The van der Waals surface area contributed by atoms with Gasteiger partial charge in [0.15, 0.2) is 5.01 Å². The van der Waals surface area contributed by atoms with E-state index in [1.807, 2.05) is 0 Å². The fourth-order valence-corrected chi connectivity index (χ4v) is 3.38. The highest BCUT2D eigenvalue weighted by Crippen LogP contribution is 2.38. The minimum absolute atomic E-state index is 0.0331. The molecule has 3 N–H and O–H groups in total. The van der Waals surface area contributed by atoms with Crippen LogP contribution in [0.2, 0.25) is 0 Å². The molecule has 1 aromatic heterocycles. The number of nitrogens with one attached hydrogen (secondary N) is 3. The van der Waals surface area contributed by atoms with E-state index in [0.717, 1.165) is 19.1 Å². The van der Waals surface area contributed by atoms with Crippen LogP contribution in [0.1, 0.15) is 36.8 Å². The Morgan fingerprint density at radius 3 is 2.71 bits per heavy atom. The zero-order chi connectivity index (χ0) is 17.3. The predicted molar refractivity (Wildman–Crippen MR) is 89.1 cm³/mol. The van der Waals surface area contributed by atoms with E-state index in [4.69, 9.17) is 5.41 Å². The topological polar surface area (TPSA) is 73.7 Å². The molecule has 1 fully saturated rings. The van der Waals surface area contributed by atoms with E-state index < -0.39 is 17.3 Å². The molecule has 5 nitrogen and oxygen atoms in total. The van der Waals surface area contributed by atoms with Gasteiger partial charge < -0.3 is 10.7 Å². The van der Waals surface area contributed by atoms with Crippen LogP contribution in [0.5, 0.6) is 0 Å². The second kappa shape index (κ2) is 6.69. The number of alkyl halides is 2. The summed E-state index contributed by atoms with van der Waals surface area (Å²) in [6.45, 7) is 2.08. The molecule has 1 aliphatic carbocycles. The molecular weight excluding hydrogens is 359 g/mol. The van der Waals surface area contributed by atoms with Crippen LogP contribution in [-0.2, 0) is 0 Å². The monoisotopic (exact) mass is 373 g/mol. The molecule has 0 radical (unpaired) electrons. The zero-order valence-corrected chi connectivity index (χ0v) is 14.2. The van der Waals surface area contributed by atoms with Gasteiger partial charge >= 0.3 is 0 Å². The van der Waals surface area contributed by atoms with Crippen molar-refractivity contribution in [3.05, 3.63) is 28.5 Å². The van der Waals surface area contributed by atoms with Gasteiger partial charge in [-0.15, -0.1) is 10.2 Å².